The third kappa shape index (κ3) is 3.24. The van der Waals surface area contributed by atoms with E-state index in [4.69, 9.17) is 0 Å². The molecule has 0 aliphatic heterocycles. The smallest absolute Gasteiger partial charge is 0.296 e. The first-order valence-corrected chi connectivity index (χ1v) is 7.91. The van der Waals surface area contributed by atoms with Crippen molar-refractivity contribution in [2.45, 2.75) is 13.1 Å². The summed E-state index contributed by atoms with van der Waals surface area (Å²) in [4.78, 5) is 19.8. The topological polar surface area (TPSA) is 72.7 Å². The van der Waals surface area contributed by atoms with E-state index in [9.17, 15) is 18.0 Å². The Balaban J connectivity index is 1.89. The van der Waals surface area contributed by atoms with E-state index in [-0.39, 0.29) is 16.5 Å². The number of thiazole rings is 2. The van der Waals surface area contributed by atoms with Crippen LogP contribution in [0.2, 0.25) is 0 Å². The summed E-state index contributed by atoms with van der Waals surface area (Å²) in [7, 11) is 0. The molecule has 0 aliphatic rings. The largest absolute Gasteiger partial charge is 0.433 e. The van der Waals surface area contributed by atoms with Crippen LogP contribution in [-0.4, -0.2) is 25.7 Å². The highest BCUT2D eigenvalue weighted by Crippen LogP contribution is 2.32. The van der Waals surface area contributed by atoms with Crippen molar-refractivity contribution in [1.82, 2.24) is 19.7 Å². The molecule has 23 heavy (non-hydrogen) atoms. The van der Waals surface area contributed by atoms with Gasteiger partial charge in [-0.1, -0.05) is 0 Å². The first-order chi connectivity index (χ1) is 10.8. The number of nitrogens with zero attached hydrogens (tertiary/aromatic N) is 4. The molecule has 0 atom stereocenters. The highest BCUT2D eigenvalue weighted by Gasteiger charge is 2.36. The maximum Gasteiger partial charge on any atom is 0.433 e. The van der Waals surface area contributed by atoms with Gasteiger partial charge in [-0.25, -0.2) is 14.6 Å². The van der Waals surface area contributed by atoms with Gasteiger partial charge in [0.2, 0.25) is 5.13 Å². The van der Waals surface area contributed by atoms with E-state index in [1.165, 1.54) is 29.8 Å². The lowest BCUT2D eigenvalue weighted by Crippen LogP contribution is -2.14. The zero-order chi connectivity index (χ0) is 16.6. The fourth-order valence-electron chi connectivity index (χ4n) is 1.76. The fourth-order valence-corrected chi connectivity index (χ4v) is 3.05. The van der Waals surface area contributed by atoms with Crippen LogP contribution in [0.3, 0.4) is 0 Å². The van der Waals surface area contributed by atoms with Crippen LogP contribution in [0.5, 0.6) is 0 Å². The number of hydrogen-bond donors (Lipinski definition) is 1. The van der Waals surface area contributed by atoms with Crippen LogP contribution in [0.25, 0.3) is 5.13 Å². The maximum atomic E-state index is 13.0. The molecule has 0 saturated carbocycles. The Morgan fingerprint density at radius 3 is 2.78 bits per heavy atom. The van der Waals surface area contributed by atoms with E-state index in [0.717, 1.165) is 17.4 Å². The third-order valence-electron chi connectivity index (χ3n) is 2.68. The molecule has 0 spiro atoms. The molecule has 0 aliphatic carbocycles. The summed E-state index contributed by atoms with van der Waals surface area (Å²) in [5.74, 6) is -0.542. The van der Waals surface area contributed by atoms with Crippen molar-refractivity contribution in [2.24, 2.45) is 0 Å². The molecule has 3 heterocycles. The standard InChI is InChI=1S/C12H8F3N5OS2/c1-6-4-8(12(13,14)15)20(19-6)11-17-7(5-23-11)9(21)18-10-16-2-3-22-10/h2-5H,1H3,(H,16,18,21). The number of carbonyl (C=O) groups excluding carboxylic acids is 1. The zero-order valence-electron chi connectivity index (χ0n) is 11.5. The lowest BCUT2D eigenvalue weighted by Gasteiger charge is -2.07. The van der Waals surface area contributed by atoms with Crippen molar-refractivity contribution in [3.05, 3.63) is 40.1 Å². The summed E-state index contributed by atoms with van der Waals surface area (Å²) in [5.41, 5.74) is -0.723. The van der Waals surface area contributed by atoms with E-state index < -0.39 is 17.8 Å². The lowest BCUT2D eigenvalue weighted by molar-refractivity contribution is -0.142. The number of alkyl halides is 3. The van der Waals surface area contributed by atoms with Crippen LogP contribution in [0, 0.1) is 6.92 Å². The summed E-state index contributed by atoms with van der Waals surface area (Å²) in [6.07, 6.45) is -3.04. The molecule has 0 fully saturated rings. The zero-order valence-corrected chi connectivity index (χ0v) is 13.1. The minimum Gasteiger partial charge on any atom is -0.296 e. The molecule has 6 nitrogen and oxygen atoms in total. The first kappa shape index (κ1) is 15.6. The van der Waals surface area contributed by atoms with Gasteiger partial charge < -0.3 is 0 Å². The van der Waals surface area contributed by atoms with Crippen molar-refractivity contribution in [3.63, 3.8) is 0 Å². The Bertz CT molecular complexity index is 837. The summed E-state index contributed by atoms with van der Waals surface area (Å²) < 4.78 is 39.7. The Labute approximate surface area is 135 Å². The van der Waals surface area contributed by atoms with E-state index >= 15 is 0 Å². The minimum absolute atomic E-state index is 0.00137. The Hall–Kier alpha value is -2.27. The van der Waals surface area contributed by atoms with Crippen LogP contribution in [0.15, 0.2) is 23.0 Å². The molecule has 3 aromatic heterocycles. The molecule has 120 valence electrons. The van der Waals surface area contributed by atoms with Gasteiger partial charge >= 0.3 is 6.18 Å². The van der Waals surface area contributed by atoms with Crippen molar-refractivity contribution in [2.75, 3.05) is 5.32 Å². The van der Waals surface area contributed by atoms with Gasteiger partial charge in [0.15, 0.2) is 10.8 Å². The van der Waals surface area contributed by atoms with Gasteiger partial charge in [0.05, 0.1) is 5.69 Å². The highest BCUT2D eigenvalue weighted by molar-refractivity contribution is 7.14. The lowest BCUT2D eigenvalue weighted by atomic mass is 10.3. The monoisotopic (exact) mass is 359 g/mol. The van der Waals surface area contributed by atoms with Gasteiger partial charge in [0.1, 0.15) is 5.69 Å². The molecule has 0 saturated heterocycles. The molecule has 11 heteroatoms. The van der Waals surface area contributed by atoms with Crippen LogP contribution < -0.4 is 5.32 Å². The number of aryl methyl sites for hydroxylation is 1. The van der Waals surface area contributed by atoms with E-state index in [2.05, 4.69) is 20.4 Å². The summed E-state index contributed by atoms with van der Waals surface area (Å²) in [6, 6.07) is 0.927. The van der Waals surface area contributed by atoms with Crippen molar-refractivity contribution >= 4 is 33.7 Å². The van der Waals surface area contributed by atoms with Crippen LogP contribution >= 0.6 is 22.7 Å². The van der Waals surface area contributed by atoms with Crippen molar-refractivity contribution in [3.8, 4) is 5.13 Å². The number of hydrogen-bond acceptors (Lipinski definition) is 6. The molecule has 3 rings (SSSR count). The molecular weight excluding hydrogens is 351 g/mol. The van der Waals surface area contributed by atoms with Gasteiger partial charge in [-0.3, -0.25) is 10.1 Å². The molecule has 1 N–H and O–H groups in total. The third-order valence-corrected chi connectivity index (χ3v) is 4.19. The number of rotatable bonds is 3. The van der Waals surface area contributed by atoms with Gasteiger partial charge in [-0.2, -0.15) is 18.3 Å². The van der Waals surface area contributed by atoms with Gasteiger partial charge in [0.25, 0.3) is 5.91 Å². The summed E-state index contributed by atoms with van der Waals surface area (Å²) >= 11 is 2.12. The fraction of sp³-hybridized carbons (Fsp3) is 0.167. The molecule has 0 radical (unpaired) electrons. The Kier molecular flexibility index (Phi) is 3.90. The van der Waals surface area contributed by atoms with Crippen molar-refractivity contribution < 1.29 is 18.0 Å². The Morgan fingerprint density at radius 1 is 1.35 bits per heavy atom. The van der Waals surface area contributed by atoms with E-state index in [1.807, 2.05) is 0 Å². The molecule has 0 bridgehead atoms. The number of halogens is 3. The molecule has 3 aromatic rings. The predicted molar refractivity (Wildman–Crippen MR) is 79.0 cm³/mol. The van der Waals surface area contributed by atoms with Crippen LogP contribution in [-0.2, 0) is 6.18 Å². The average molecular weight is 359 g/mol. The molecule has 1 amide bonds. The SMILES string of the molecule is Cc1cc(C(F)(F)F)n(-c2nc(C(=O)Nc3nccs3)cs2)n1. The first-order valence-electron chi connectivity index (χ1n) is 6.15. The molecule has 0 unspecified atom stereocenters. The second-order valence-electron chi connectivity index (χ2n) is 4.39. The van der Waals surface area contributed by atoms with Gasteiger partial charge in [0, 0.05) is 17.0 Å². The summed E-state index contributed by atoms with van der Waals surface area (Å²) in [5, 5.41) is 9.72. The van der Waals surface area contributed by atoms with Crippen LogP contribution in [0.1, 0.15) is 21.9 Å². The van der Waals surface area contributed by atoms with Gasteiger partial charge in [-0.05, 0) is 13.0 Å². The Morgan fingerprint density at radius 2 is 2.13 bits per heavy atom. The average Bonchev–Trinajstić information content (AvgIpc) is 3.15. The quantitative estimate of drug-likeness (QED) is 0.778. The minimum atomic E-state index is -4.56. The maximum absolute atomic E-state index is 13.0. The predicted octanol–water partition coefficient (Wildman–Crippen LogP) is 3.36. The molecule has 0 aromatic carbocycles. The number of aromatic nitrogens is 4. The second-order valence-corrected chi connectivity index (χ2v) is 6.12. The molecular formula is C12H8F3N5OS2. The summed E-state index contributed by atoms with van der Waals surface area (Å²) in [6.45, 7) is 1.45. The highest BCUT2D eigenvalue weighted by atomic mass is 32.1. The van der Waals surface area contributed by atoms with Crippen molar-refractivity contribution in [1.29, 1.82) is 0 Å². The second kappa shape index (κ2) is 5.74. The number of carbonyl (C=O) groups is 1. The normalized spacial score (nSPS) is 11.7. The van der Waals surface area contributed by atoms with E-state index in [0.29, 0.717) is 9.81 Å². The van der Waals surface area contributed by atoms with Gasteiger partial charge in [-0.15, -0.1) is 22.7 Å². The number of nitrogens with one attached hydrogen (secondary N) is 1. The number of amides is 1. The van der Waals surface area contributed by atoms with E-state index in [1.54, 1.807) is 5.38 Å². The van der Waals surface area contributed by atoms with Crippen LogP contribution in [0.4, 0.5) is 18.3 Å². The number of anilines is 1.